The van der Waals surface area contributed by atoms with Gasteiger partial charge < -0.3 is 4.42 Å². The Morgan fingerprint density at radius 3 is 2.76 bits per heavy atom. The topological polar surface area (TPSA) is 81.5 Å². The zero-order valence-electron chi connectivity index (χ0n) is 15.6. The summed E-state index contributed by atoms with van der Waals surface area (Å²) in [6.45, 7) is 2.03. The fourth-order valence-electron chi connectivity index (χ4n) is 2.92. The second-order valence-electron chi connectivity index (χ2n) is 6.53. The number of allylic oxidation sites excluding steroid dienone is 1. The number of nitro groups is 1. The predicted molar refractivity (Wildman–Crippen MR) is 114 cm³/mol. The molecule has 4 rings (SSSR count). The molecule has 4 aromatic rings. The summed E-state index contributed by atoms with van der Waals surface area (Å²) in [5, 5.41) is 10.8. The van der Waals surface area contributed by atoms with Gasteiger partial charge in [-0.1, -0.05) is 35.9 Å². The molecule has 6 nitrogen and oxygen atoms in total. The zero-order valence-corrected chi connectivity index (χ0v) is 15.6. The van der Waals surface area contributed by atoms with Gasteiger partial charge in [-0.15, -0.1) is 0 Å². The highest BCUT2D eigenvalue weighted by atomic mass is 16.6. The van der Waals surface area contributed by atoms with Crippen LogP contribution in [0.2, 0.25) is 0 Å². The van der Waals surface area contributed by atoms with Crippen LogP contribution in [0, 0.1) is 17.0 Å². The fraction of sp³-hybridized carbons (Fsp3) is 0.0435. The molecule has 0 N–H and O–H groups in total. The maximum absolute atomic E-state index is 10.8. The number of benzene rings is 3. The molecule has 0 unspecified atom stereocenters. The van der Waals surface area contributed by atoms with Crippen LogP contribution >= 0.6 is 0 Å². The minimum Gasteiger partial charge on any atom is -0.436 e. The lowest BCUT2D eigenvalue weighted by molar-refractivity contribution is -0.384. The van der Waals surface area contributed by atoms with Crippen molar-refractivity contribution < 1.29 is 9.34 Å². The Hall–Kier alpha value is -4.06. The van der Waals surface area contributed by atoms with Crippen molar-refractivity contribution in [3.63, 3.8) is 0 Å². The summed E-state index contributed by atoms with van der Waals surface area (Å²) in [5.41, 5.74) is 5.05. The summed E-state index contributed by atoms with van der Waals surface area (Å²) in [6.07, 6.45) is 5.15. The number of oxazole rings is 1. The van der Waals surface area contributed by atoms with E-state index < -0.39 is 4.92 Å². The van der Waals surface area contributed by atoms with E-state index >= 15 is 0 Å². The van der Waals surface area contributed by atoms with Gasteiger partial charge in [0.15, 0.2) is 5.58 Å². The van der Waals surface area contributed by atoms with Crippen LogP contribution in [0.4, 0.5) is 11.4 Å². The number of aliphatic imine (C=N–C) groups is 1. The highest BCUT2D eigenvalue weighted by Gasteiger charge is 2.08. The summed E-state index contributed by atoms with van der Waals surface area (Å²) in [6, 6.07) is 20.0. The van der Waals surface area contributed by atoms with Crippen LogP contribution in [-0.2, 0) is 0 Å². The first kappa shape index (κ1) is 18.3. The number of fused-ring (bicyclic) bond motifs is 1. The molecule has 1 aromatic heterocycles. The summed E-state index contributed by atoms with van der Waals surface area (Å²) in [5.74, 6) is 0.579. The second-order valence-corrected chi connectivity index (χ2v) is 6.53. The van der Waals surface area contributed by atoms with Gasteiger partial charge in [-0.2, -0.15) is 0 Å². The molecule has 3 aromatic carbocycles. The molecule has 0 atom stereocenters. The quantitative estimate of drug-likeness (QED) is 0.236. The van der Waals surface area contributed by atoms with E-state index in [0.717, 1.165) is 27.9 Å². The molecule has 142 valence electrons. The van der Waals surface area contributed by atoms with Gasteiger partial charge >= 0.3 is 0 Å². The second kappa shape index (κ2) is 7.90. The molecule has 0 aliphatic heterocycles. The Morgan fingerprint density at radius 1 is 1.07 bits per heavy atom. The molecule has 0 fully saturated rings. The zero-order chi connectivity index (χ0) is 20.2. The molecule has 0 bridgehead atoms. The van der Waals surface area contributed by atoms with Crippen molar-refractivity contribution in [1.82, 2.24) is 4.98 Å². The van der Waals surface area contributed by atoms with Crippen LogP contribution < -0.4 is 0 Å². The molecular formula is C23H17N3O3. The molecule has 0 spiro atoms. The van der Waals surface area contributed by atoms with Crippen molar-refractivity contribution in [2.75, 3.05) is 0 Å². The van der Waals surface area contributed by atoms with E-state index in [0.29, 0.717) is 11.5 Å². The summed E-state index contributed by atoms with van der Waals surface area (Å²) in [4.78, 5) is 19.4. The van der Waals surface area contributed by atoms with E-state index in [2.05, 4.69) is 9.98 Å². The molecule has 0 saturated heterocycles. The average molecular weight is 383 g/mol. The summed E-state index contributed by atoms with van der Waals surface area (Å²) in [7, 11) is 0. The minimum atomic E-state index is -0.413. The van der Waals surface area contributed by atoms with Crippen LogP contribution in [0.3, 0.4) is 0 Å². The molecule has 29 heavy (non-hydrogen) atoms. The van der Waals surface area contributed by atoms with Crippen molar-refractivity contribution in [2.45, 2.75) is 6.92 Å². The number of nitrogens with zero attached hydrogens (tertiary/aromatic N) is 3. The lowest BCUT2D eigenvalue weighted by Crippen LogP contribution is -1.87. The molecule has 0 saturated carbocycles. The SMILES string of the molecule is Cc1cccc(-c2nc3cc(N=C/C=C\c4cccc([N+](=O)[O-])c4)ccc3o2)c1. The van der Waals surface area contributed by atoms with Crippen molar-refractivity contribution in [1.29, 1.82) is 0 Å². The van der Waals surface area contributed by atoms with Gasteiger partial charge in [0.25, 0.3) is 5.69 Å². The van der Waals surface area contributed by atoms with Crippen molar-refractivity contribution in [2.24, 2.45) is 4.99 Å². The molecule has 6 heteroatoms. The normalized spacial score (nSPS) is 11.6. The number of hydrogen-bond acceptors (Lipinski definition) is 5. The van der Waals surface area contributed by atoms with Crippen LogP contribution in [-0.4, -0.2) is 16.1 Å². The largest absolute Gasteiger partial charge is 0.436 e. The molecule has 0 aliphatic carbocycles. The molecule has 0 amide bonds. The Kier molecular flexibility index (Phi) is 4.99. The lowest BCUT2D eigenvalue weighted by atomic mass is 10.1. The average Bonchev–Trinajstić information content (AvgIpc) is 3.15. The van der Waals surface area contributed by atoms with Crippen LogP contribution in [0.15, 0.2) is 82.2 Å². The maximum atomic E-state index is 10.8. The van der Waals surface area contributed by atoms with Crippen LogP contribution in [0.5, 0.6) is 0 Å². The fourth-order valence-corrected chi connectivity index (χ4v) is 2.92. The Balaban J connectivity index is 1.52. The summed E-state index contributed by atoms with van der Waals surface area (Å²) >= 11 is 0. The Bertz CT molecular complexity index is 1260. The van der Waals surface area contributed by atoms with Gasteiger partial charge in [0.1, 0.15) is 5.52 Å². The molecule has 0 aliphatic rings. The Labute approximate surface area is 167 Å². The number of non-ortho nitro benzene ring substituents is 1. The number of nitro benzene ring substituents is 1. The van der Waals surface area contributed by atoms with Crippen LogP contribution in [0.1, 0.15) is 11.1 Å². The number of aromatic nitrogens is 1. The third-order valence-electron chi connectivity index (χ3n) is 4.32. The van der Waals surface area contributed by atoms with Gasteiger partial charge in [-0.3, -0.25) is 15.1 Å². The molecule has 0 radical (unpaired) electrons. The highest BCUT2D eigenvalue weighted by molar-refractivity contribution is 5.84. The third kappa shape index (κ3) is 4.27. The van der Waals surface area contributed by atoms with Gasteiger partial charge in [0.2, 0.25) is 5.89 Å². The first-order valence-corrected chi connectivity index (χ1v) is 9.01. The predicted octanol–water partition coefficient (Wildman–Crippen LogP) is 6.13. The monoisotopic (exact) mass is 383 g/mol. The standard InChI is InChI=1S/C23H17N3O3/c1-16-5-2-8-18(13-16)23-25-21-15-19(10-11-22(21)29-23)24-12-4-7-17-6-3-9-20(14-17)26(27)28/h2-15H,1H3/b7-4-,24-12?. The summed E-state index contributed by atoms with van der Waals surface area (Å²) < 4.78 is 5.85. The first-order chi connectivity index (χ1) is 14.1. The van der Waals surface area contributed by atoms with Crippen LogP contribution in [0.25, 0.3) is 28.6 Å². The van der Waals surface area contributed by atoms with E-state index in [1.54, 1.807) is 30.5 Å². The van der Waals surface area contributed by atoms with Crippen molar-refractivity contribution in [3.05, 3.63) is 94.0 Å². The first-order valence-electron chi connectivity index (χ1n) is 9.01. The van der Waals surface area contributed by atoms with E-state index in [9.17, 15) is 10.1 Å². The lowest BCUT2D eigenvalue weighted by Gasteiger charge is -1.95. The van der Waals surface area contributed by atoms with Gasteiger partial charge in [0, 0.05) is 23.9 Å². The minimum absolute atomic E-state index is 0.0602. The number of aryl methyl sites for hydroxylation is 1. The molecular weight excluding hydrogens is 366 g/mol. The number of rotatable bonds is 5. The number of hydrogen-bond donors (Lipinski definition) is 0. The van der Waals surface area contributed by atoms with Crippen molar-refractivity contribution >= 4 is 34.8 Å². The highest BCUT2D eigenvalue weighted by Crippen LogP contribution is 2.27. The van der Waals surface area contributed by atoms with Crippen molar-refractivity contribution in [3.8, 4) is 11.5 Å². The van der Waals surface area contributed by atoms with Gasteiger partial charge in [-0.05, 0) is 48.9 Å². The Morgan fingerprint density at radius 2 is 1.93 bits per heavy atom. The van der Waals surface area contributed by atoms with E-state index in [1.165, 1.54) is 12.1 Å². The van der Waals surface area contributed by atoms with Gasteiger partial charge in [0.05, 0.1) is 10.6 Å². The molecule has 1 heterocycles. The van der Waals surface area contributed by atoms with E-state index in [4.69, 9.17) is 4.42 Å². The van der Waals surface area contributed by atoms with E-state index in [1.807, 2.05) is 49.4 Å². The van der Waals surface area contributed by atoms with Gasteiger partial charge in [-0.25, -0.2) is 4.98 Å². The maximum Gasteiger partial charge on any atom is 0.270 e. The third-order valence-corrected chi connectivity index (χ3v) is 4.32. The smallest absolute Gasteiger partial charge is 0.270 e. The van der Waals surface area contributed by atoms with E-state index in [-0.39, 0.29) is 5.69 Å².